The van der Waals surface area contributed by atoms with Gasteiger partial charge in [0.2, 0.25) is 0 Å². The van der Waals surface area contributed by atoms with Crippen molar-refractivity contribution < 1.29 is 8.81 Å². The third-order valence-corrected chi connectivity index (χ3v) is 3.15. The summed E-state index contributed by atoms with van der Waals surface area (Å²) in [6, 6.07) is 6.82. The minimum absolute atomic E-state index is 0.206. The molecule has 4 nitrogen and oxygen atoms in total. The van der Waals surface area contributed by atoms with Crippen LogP contribution in [-0.4, -0.2) is 16.4 Å². The Bertz CT molecular complexity index is 550. The normalized spacial score (nSPS) is 15.6. The van der Waals surface area contributed by atoms with Crippen molar-refractivity contribution in [2.24, 2.45) is 0 Å². The van der Waals surface area contributed by atoms with Gasteiger partial charge >= 0.3 is 0 Å². The average Bonchev–Trinajstić information content (AvgIpc) is 2.71. The molecule has 18 heavy (non-hydrogen) atoms. The Balaban J connectivity index is 1.70. The third-order valence-electron chi connectivity index (χ3n) is 3.15. The molecule has 0 radical (unpaired) electrons. The zero-order chi connectivity index (χ0) is 12.5. The van der Waals surface area contributed by atoms with Gasteiger partial charge < -0.3 is 10.2 Å². The van der Waals surface area contributed by atoms with Crippen LogP contribution in [0.1, 0.15) is 17.0 Å². The molecular formula is C13H14FN3O. The van der Waals surface area contributed by atoms with E-state index in [0.717, 1.165) is 36.5 Å². The fourth-order valence-electron chi connectivity index (χ4n) is 2.25. The molecule has 1 aliphatic rings. The molecule has 2 heterocycles. The molecule has 0 spiro atoms. The molecule has 0 amide bonds. The van der Waals surface area contributed by atoms with Crippen LogP contribution >= 0.6 is 0 Å². The van der Waals surface area contributed by atoms with Gasteiger partial charge in [0.15, 0.2) is 0 Å². The van der Waals surface area contributed by atoms with Gasteiger partial charge in [0.25, 0.3) is 6.01 Å². The van der Waals surface area contributed by atoms with E-state index in [1.807, 2.05) is 0 Å². The fourth-order valence-corrected chi connectivity index (χ4v) is 2.25. The first-order valence-corrected chi connectivity index (χ1v) is 5.91. The minimum Gasteiger partial charge on any atom is -0.427 e. The first-order valence-electron chi connectivity index (χ1n) is 5.91. The van der Waals surface area contributed by atoms with Gasteiger partial charge in [-0.1, -0.05) is 12.1 Å². The number of benzene rings is 1. The van der Waals surface area contributed by atoms with Crippen LogP contribution in [0.25, 0.3) is 0 Å². The molecule has 3 rings (SSSR count). The third kappa shape index (κ3) is 2.22. The van der Waals surface area contributed by atoms with Gasteiger partial charge in [-0.3, -0.25) is 4.90 Å². The van der Waals surface area contributed by atoms with Crippen LogP contribution in [0.4, 0.5) is 10.4 Å². The van der Waals surface area contributed by atoms with Crippen LogP contribution in [0.5, 0.6) is 0 Å². The zero-order valence-corrected chi connectivity index (χ0v) is 9.90. The first kappa shape index (κ1) is 11.2. The molecule has 1 aliphatic heterocycles. The Hall–Kier alpha value is -1.88. The van der Waals surface area contributed by atoms with Crippen LogP contribution in [0.3, 0.4) is 0 Å². The number of aromatic nitrogens is 1. The van der Waals surface area contributed by atoms with Crippen LogP contribution < -0.4 is 5.73 Å². The predicted octanol–water partition coefficient (Wildman–Crippen LogP) is 1.95. The van der Waals surface area contributed by atoms with Crippen LogP contribution in [-0.2, 0) is 19.5 Å². The second-order valence-electron chi connectivity index (χ2n) is 4.51. The number of anilines is 1. The maximum atomic E-state index is 12.8. The first-order chi connectivity index (χ1) is 8.70. The van der Waals surface area contributed by atoms with Gasteiger partial charge in [-0.05, 0) is 17.7 Å². The highest BCUT2D eigenvalue weighted by molar-refractivity contribution is 5.23. The molecule has 2 N–H and O–H groups in total. The van der Waals surface area contributed by atoms with E-state index in [-0.39, 0.29) is 11.8 Å². The van der Waals surface area contributed by atoms with E-state index in [4.69, 9.17) is 10.2 Å². The lowest BCUT2D eigenvalue weighted by molar-refractivity contribution is 0.222. The summed E-state index contributed by atoms with van der Waals surface area (Å²) in [5.74, 6) is 0.642. The number of oxazole rings is 1. The van der Waals surface area contributed by atoms with Gasteiger partial charge in [-0.15, -0.1) is 0 Å². The number of hydrogen-bond acceptors (Lipinski definition) is 4. The molecule has 2 aromatic rings. The second kappa shape index (κ2) is 4.42. The molecule has 94 valence electrons. The number of fused-ring (bicyclic) bond motifs is 1. The van der Waals surface area contributed by atoms with Gasteiger partial charge in [0, 0.05) is 19.5 Å². The number of halogens is 1. The van der Waals surface area contributed by atoms with Crippen molar-refractivity contribution in [3.8, 4) is 0 Å². The van der Waals surface area contributed by atoms with Crippen molar-refractivity contribution in [2.75, 3.05) is 12.3 Å². The van der Waals surface area contributed by atoms with Crippen molar-refractivity contribution in [2.45, 2.75) is 19.5 Å². The summed E-state index contributed by atoms with van der Waals surface area (Å²) in [5, 5.41) is 0. The Kier molecular flexibility index (Phi) is 2.76. The van der Waals surface area contributed by atoms with E-state index in [9.17, 15) is 4.39 Å². The second-order valence-corrected chi connectivity index (χ2v) is 4.51. The lowest BCUT2D eigenvalue weighted by atomic mass is 10.1. The predicted molar refractivity (Wildman–Crippen MR) is 65.1 cm³/mol. The van der Waals surface area contributed by atoms with E-state index in [0.29, 0.717) is 6.54 Å². The Morgan fingerprint density at radius 3 is 2.89 bits per heavy atom. The summed E-state index contributed by atoms with van der Waals surface area (Å²) < 4.78 is 18.2. The summed E-state index contributed by atoms with van der Waals surface area (Å²) in [6.45, 7) is 2.40. The molecule has 0 aliphatic carbocycles. The Morgan fingerprint density at radius 2 is 2.11 bits per heavy atom. The van der Waals surface area contributed by atoms with E-state index >= 15 is 0 Å². The number of nitrogens with zero attached hydrogens (tertiary/aromatic N) is 2. The fraction of sp³-hybridized carbons (Fsp3) is 0.308. The van der Waals surface area contributed by atoms with Crippen LogP contribution in [0.15, 0.2) is 28.7 Å². The molecule has 1 aromatic heterocycles. The monoisotopic (exact) mass is 247 g/mol. The highest BCUT2D eigenvalue weighted by Crippen LogP contribution is 2.22. The number of nitrogen functional groups attached to an aromatic ring is 1. The van der Waals surface area contributed by atoms with Crippen molar-refractivity contribution in [3.05, 3.63) is 47.1 Å². The molecule has 0 atom stereocenters. The Labute approximate surface area is 104 Å². The molecule has 0 bridgehead atoms. The lowest BCUT2D eigenvalue weighted by Crippen LogP contribution is -2.29. The van der Waals surface area contributed by atoms with E-state index in [1.54, 1.807) is 12.1 Å². The Morgan fingerprint density at radius 1 is 1.33 bits per heavy atom. The van der Waals surface area contributed by atoms with Crippen LogP contribution in [0.2, 0.25) is 0 Å². The number of hydrogen-bond donors (Lipinski definition) is 1. The SMILES string of the molecule is Nc1nc2c(o1)CN(Cc1ccc(F)cc1)CC2. The highest BCUT2D eigenvalue weighted by atomic mass is 19.1. The molecule has 0 fully saturated rings. The topological polar surface area (TPSA) is 55.3 Å². The summed E-state index contributed by atoms with van der Waals surface area (Å²) in [7, 11) is 0. The van der Waals surface area contributed by atoms with Crippen molar-refractivity contribution in [1.82, 2.24) is 9.88 Å². The minimum atomic E-state index is -0.206. The molecule has 1 aromatic carbocycles. The van der Waals surface area contributed by atoms with Gasteiger partial charge in [-0.25, -0.2) is 4.39 Å². The molecule has 0 saturated carbocycles. The molecule has 0 saturated heterocycles. The average molecular weight is 247 g/mol. The van der Waals surface area contributed by atoms with Crippen LogP contribution in [0, 0.1) is 5.82 Å². The van der Waals surface area contributed by atoms with Crippen molar-refractivity contribution in [1.29, 1.82) is 0 Å². The molecule has 0 unspecified atom stereocenters. The van der Waals surface area contributed by atoms with Gasteiger partial charge in [0.1, 0.15) is 11.6 Å². The van der Waals surface area contributed by atoms with E-state index in [1.165, 1.54) is 12.1 Å². The van der Waals surface area contributed by atoms with Gasteiger partial charge in [-0.2, -0.15) is 4.98 Å². The summed E-state index contributed by atoms with van der Waals surface area (Å²) in [5.41, 5.74) is 7.59. The quantitative estimate of drug-likeness (QED) is 0.881. The molecular weight excluding hydrogens is 233 g/mol. The molecule has 5 heteroatoms. The number of nitrogens with two attached hydrogens (primary N) is 1. The van der Waals surface area contributed by atoms with Crippen molar-refractivity contribution >= 4 is 6.01 Å². The highest BCUT2D eigenvalue weighted by Gasteiger charge is 2.21. The maximum absolute atomic E-state index is 12.8. The summed E-state index contributed by atoms with van der Waals surface area (Å²) in [6.07, 6.45) is 0.844. The van der Waals surface area contributed by atoms with Gasteiger partial charge in [0.05, 0.1) is 12.2 Å². The number of rotatable bonds is 2. The lowest BCUT2D eigenvalue weighted by Gasteiger charge is -2.24. The largest absolute Gasteiger partial charge is 0.427 e. The maximum Gasteiger partial charge on any atom is 0.292 e. The van der Waals surface area contributed by atoms with Crippen molar-refractivity contribution in [3.63, 3.8) is 0 Å². The van der Waals surface area contributed by atoms with E-state index < -0.39 is 0 Å². The van der Waals surface area contributed by atoms with E-state index in [2.05, 4.69) is 9.88 Å². The summed E-state index contributed by atoms with van der Waals surface area (Å²) >= 11 is 0. The summed E-state index contributed by atoms with van der Waals surface area (Å²) in [4.78, 5) is 6.38. The smallest absolute Gasteiger partial charge is 0.292 e. The zero-order valence-electron chi connectivity index (χ0n) is 9.90. The standard InChI is InChI=1S/C13H14FN3O/c14-10-3-1-9(2-4-10)7-17-6-5-11-12(8-17)18-13(15)16-11/h1-4H,5-8H2,(H2,15,16).